The lowest BCUT2D eigenvalue weighted by Gasteiger charge is -2.06. The third-order valence-corrected chi connectivity index (χ3v) is 5.18. The van der Waals surface area contributed by atoms with Crippen LogP contribution in [0.15, 0.2) is 76.9 Å². The number of nitrogens with zero attached hydrogens (tertiary/aromatic N) is 1. The predicted octanol–water partition coefficient (Wildman–Crippen LogP) is 5.48. The molecule has 8 heteroatoms. The molecule has 0 aliphatic carbocycles. The van der Waals surface area contributed by atoms with Crippen LogP contribution in [0, 0.1) is 17.0 Å². The minimum Gasteiger partial charge on any atom is -0.452 e. The number of non-ortho nitro benzene ring substituents is 1. The van der Waals surface area contributed by atoms with Gasteiger partial charge in [0.2, 0.25) is 11.5 Å². The van der Waals surface area contributed by atoms with E-state index in [1.807, 2.05) is 12.1 Å². The van der Waals surface area contributed by atoms with E-state index >= 15 is 0 Å². The van der Waals surface area contributed by atoms with Gasteiger partial charge in [0.1, 0.15) is 17.1 Å². The number of rotatable bonds is 4. The number of carbonyl (C=O) groups is 2. The summed E-state index contributed by atoms with van der Waals surface area (Å²) in [4.78, 5) is 35.7. The van der Waals surface area contributed by atoms with Crippen molar-refractivity contribution in [2.24, 2.45) is 0 Å². The summed E-state index contributed by atoms with van der Waals surface area (Å²) < 4.78 is 16.7. The molecule has 0 radical (unpaired) electrons. The van der Waals surface area contributed by atoms with Gasteiger partial charge in [-0.25, -0.2) is 4.79 Å². The van der Waals surface area contributed by atoms with Crippen LogP contribution in [0.3, 0.4) is 0 Å². The van der Waals surface area contributed by atoms with Crippen molar-refractivity contribution < 1.29 is 28.4 Å². The summed E-state index contributed by atoms with van der Waals surface area (Å²) in [5.41, 5.74) is 2.05. The van der Waals surface area contributed by atoms with Gasteiger partial charge in [-0.3, -0.25) is 14.9 Å². The number of hydrogen-bond acceptors (Lipinski definition) is 7. The van der Waals surface area contributed by atoms with Crippen LogP contribution < -0.4 is 9.47 Å². The first-order valence-electron chi connectivity index (χ1n) is 9.93. The summed E-state index contributed by atoms with van der Waals surface area (Å²) in [6.45, 7) is 1.72. The molecule has 1 aliphatic rings. The van der Waals surface area contributed by atoms with Gasteiger partial charge in [-0.05, 0) is 54.5 Å². The van der Waals surface area contributed by atoms with Crippen molar-refractivity contribution in [2.45, 2.75) is 6.92 Å². The number of allylic oxidation sites excluding steroid dienone is 1. The van der Waals surface area contributed by atoms with Gasteiger partial charge in [0.25, 0.3) is 5.69 Å². The summed E-state index contributed by atoms with van der Waals surface area (Å²) in [6, 6.07) is 17.6. The number of aryl methyl sites for hydroxylation is 1. The van der Waals surface area contributed by atoms with Crippen LogP contribution in [0.4, 0.5) is 5.69 Å². The van der Waals surface area contributed by atoms with Crippen molar-refractivity contribution in [1.29, 1.82) is 0 Å². The van der Waals surface area contributed by atoms with E-state index in [1.54, 1.807) is 31.2 Å². The molecule has 8 nitrogen and oxygen atoms in total. The Kier molecular flexibility index (Phi) is 4.75. The molecule has 2 heterocycles. The normalized spacial score (nSPS) is 13.7. The minimum atomic E-state index is -0.670. The van der Waals surface area contributed by atoms with Crippen LogP contribution in [-0.4, -0.2) is 16.7 Å². The second-order valence-electron chi connectivity index (χ2n) is 7.44. The minimum absolute atomic E-state index is 0.0501. The van der Waals surface area contributed by atoms with Crippen LogP contribution in [-0.2, 0) is 0 Å². The van der Waals surface area contributed by atoms with Crippen LogP contribution in [0.2, 0.25) is 0 Å². The van der Waals surface area contributed by atoms with E-state index in [2.05, 4.69) is 0 Å². The van der Waals surface area contributed by atoms with E-state index in [0.717, 1.165) is 5.39 Å². The van der Waals surface area contributed by atoms with Gasteiger partial charge in [0.05, 0.1) is 10.5 Å². The van der Waals surface area contributed by atoms with E-state index in [1.165, 1.54) is 36.4 Å². The highest BCUT2D eigenvalue weighted by atomic mass is 16.6. The fourth-order valence-electron chi connectivity index (χ4n) is 3.62. The van der Waals surface area contributed by atoms with Gasteiger partial charge in [-0.2, -0.15) is 0 Å². The van der Waals surface area contributed by atoms with Crippen molar-refractivity contribution in [3.05, 3.63) is 105 Å². The maximum atomic E-state index is 12.8. The number of ketones is 1. The number of ether oxygens (including phenoxy) is 2. The van der Waals surface area contributed by atoms with Crippen molar-refractivity contribution in [1.82, 2.24) is 0 Å². The molecule has 162 valence electrons. The maximum Gasteiger partial charge on any atom is 0.379 e. The zero-order valence-corrected chi connectivity index (χ0v) is 17.2. The van der Waals surface area contributed by atoms with Gasteiger partial charge in [0, 0.05) is 23.6 Å². The molecule has 3 aromatic carbocycles. The second-order valence-corrected chi connectivity index (χ2v) is 7.44. The molecule has 0 fully saturated rings. The van der Waals surface area contributed by atoms with Gasteiger partial charge in [0.15, 0.2) is 5.76 Å². The average molecular weight is 441 g/mol. The molecule has 0 bridgehead atoms. The Labute approximate surface area is 186 Å². The summed E-state index contributed by atoms with van der Waals surface area (Å²) in [7, 11) is 0. The smallest absolute Gasteiger partial charge is 0.379 e. The molecule has 0 saturated carbocycles. The number of hydrogen-bond donors (Lipinski definition) is 0. The lowest BCUT2D eigenvalue weighted by molar-refractivity contribution is -0.384. The zero-order valence-electron chi connectivity index (χ0n) is 17.2. The molecule has 1 aromatic heterocycles. The number of para-hydroxylation sites is 1. The number of benzene rings is 3. The van der Waals surface area contributed by atoms with Crippen LogP contribution in [0.1, 0.15) is 32.0 Å². The van der Waals surface area contributed by atoms with E-state index < -0.39 is 10.9 Å². The number of nitro groups is 1. The molecule has 0 amide bonds. The number of fused-ring (bicyclic) bond motifs is 2. The topological polar surface area (TPSA) is 109 Å². The number of nitro benzene ring substituents is 1. The summed E-state index contributed by atoms with van der Waals surface area (Å²) >= 11 is 0. The summed E-state index contributed by atoms with van der Waals surface area (Å²) in [5, 5.41) is 11.6. The Morgan fingerprint density at radius 2 is 1.82 bits per heavy atom. The number of esters is 1. The molecular formula is C25H15NO7. The van der Waals surface area contributed by atoms with Gasteiger partial charge in [-0.15, -0.1) is 0 Å². The van der Waals surface area contributed by atoms with Crippen molar-refractivity contribution in [2.75, 3.05) is 0 Å². The largest absolute Gasteiger partial charge is 0.452 e. The molecule has 4 aromatic rings. The van der Waals surface area contributed by atoms with Gasteiger partial charge >= 0.3 is 5.97 Å². The van der Waals surface area contributed by atoms with Crippen molar-refractivity contribution in [3.63, 3.8) is 0 Å². The van der Waals surface area contributed by atoms with E-state index in [0.29, 0.717) is 22.3 Å². The SMILES string of the molecule is Cc1cc(OC(=O)c2cc3ccccc3o2)cc2c1C(=O)/C(=C/c1ccc([N+](=O)[O-])cc1)O2. The second kappa shape index (κ2) is 7.76. The monoisotopic (exact) mass is 441 g/mol. The molecule has 0 saturated heterocycles. The predicted molar refractivity (Wildman–Crippen MR) is 118 cm³/mol. The molecule has 0 unspecified atom stereocenters. The van der Waals surface area contributed by atoms with Crippen LogP contribution in [0.25, 0.3) is 17.0 Å². The highest BCUT2D eigenvalue weighted by Gasteiger charge is 2.30. The molecule has 0 spiro atoms. The average Bonchev–Trinajstić information content (AvgIpc) is 3.36. The zero-order chi connectivity index (χ0) is 23.1. The fourth-order valence-corrected chi connectivity index (χ4v) is 3.62. The summed E-state index contributed by atoms with van der Waals surface area (Å²) in [5.74, 6) is -0.387. The van der Waals surface area contributed by atoms with Crippen LogP contribution >= 0.6 is 0 Å². The Balaban J connectivity index is 1.39. The van der Waals surface area contributed by atoms with Crippen molar-refractivity contribution >= 4 is 34.5 Å². The Morgan fingerprint density at radius 1 is 1.06 bits per heavy atom. The van der Waals surface area contributed by atoms with Gasteiger partial charge in [-0.1, -0.05) is 18.2 Å². The fraction of sp³-hybridized carbons (Fsp3) is 0.0400. The first-order chi connectivity index (χ1) is 15.9. The Hall–Kier alpha value is -4.72. The lowest BCUT2D eigenvalue weighted by atomic mass is 10.0. The van der Waals surface area contributed by atoms with Crippen molar-refractivity contribution in [3.8, 4) is 11.5 Å². The summed E-state index contributed by atoms with van der Waals surface area (Å²) in [6.07, 6.45) is 1.51. The third-order valence-electron chi connectivity index (χ3n) is 5.18. The molecule has 0 N–H and O–H groups in total. The van der Waals surface area contributed by atoms with Crippen LogP contribution in [0.5, 0.6) is 11.5 Å². The molecule has 5 rings (SSSR count). The van der Waals surface area contributed by atoms with E-state index in [9.17, 15) is 19.7 Å². The highest BCUT2D eigenvalue weighted by molar-refractivity contribution is 6.15. The number of Topliss-reactive ketones (excluding diaryl/α,β-unsaturated/α-hetero) is 1. The van der Waals surface area contributed by atoms with E-state index in [4.69, 9.17) is 13.9 Å². The molecule has 1 aliphatic heterocycles. The Bertz CT molecular complexity index is 1450. The first kappa shape index (κ1) is 20.2. The molecule has 0 atom stereocenters. The molecular weight excluding hydrogens is 426 g/mol. The molecule has 33 heavy (non-hydrogen) atoms. The number of furan rings is 1. The first-order valence-corrected chi connectivity index (χ1v) is 9.93. The number of carbonyl (C=O) groups excluding carboxylic acids is 2. The maximum absolute atomic E-state index is 12.8. The third kappa shape index (κ3) is 3.74. The lowest BCUT2D eigenvalue weighted by Crippen LogP contribution is -2.07. The highest BCUT2D eigenvalue weighted by Crippen LogP contribution is 2.38. The standard InChI is InChI=1S/C25H15NO7/c1-14-10-18(31-25(28)22-12-16-4-2-3-5-19(16)32-22)13-20-23(14)24(27)21(33-20)11-15-6-8-17(9-7-15)26(29)30/h2-13H,1H3/b21-11-. The Morgan fingerprint density at radius 3 is 2.55 bits per heavy atom. The van der Waals surface area contributed by atoms with Gasteiger partial charge < -0.3 is 13.9 Å². The quantitative estimate of drug-likeness (QED) is 0.135. The van der Waals surface area contributed by atoms with E-state index in [-0.39, 0.29) is 34.5 Å².